The van der Waals surface area contributed by atoms with Crippen molar-refractivity contribution in [2.75, 3.05) is 24.3 Å². The summed E-state index contributed by atoms with van der Waals surface area (Å²) in [6, 6.07) is 7.73. The Morgan fingerprint density at radius 2 is 2.00 bits per heavy atom. The van der Waals surface area contributed by atoms with Crippen molar-refractivity contribution in [3.8, 4) is 0 Å². The number of carbonyl (C=O) groups is 1. The van der Waals surface area contributed by atoms with Gasteiger partial charge in [-0.1, -0.05) is 6.07 Å². The molecule has 0 atom stereocenters. The highest BCUT2D eigenvalue weighted by atomic mass is 19.1. The van der Waals surface area contributed by atoms with Gasteiger partial charge in [-0.2, -0.15) is 0 Å². The fourth-order valence-electron chi connectivity index (χ4n) is 1.71. The molecule has 2 rings (SSSR count). The summed E-state index contributed by atoms with van der Waals surface area (Å²) < 4.78 is 13.2. The molecule has 1 aromatic heterocycles. The molecule has 0 unspecified atom stereocenters. The van der Waals surface area contributed by atoms with Gasteiger partial charge in [-0.3, -0.25) is 4.79 Å². The van der Waals surface area contributed by atoms with Crippen molar-refractivity contribution < 1.29 is 9.18 Å². The van der Waals surface area contributed by atoms with Crippen LogP contribution in [0.3, 0.4) is 0 Å². The zero-order valence-electron chi connectivity index (χ0n) is 11.6. The van der Waals surface area contributed by atoms with E-state index in [0.29, 0.717) is 11.3 Å². The molecule has 0 fully saturated rings. The number of carbonyl (C=O) groups excluding carboxylic acids is 1. The van der Waals surface area contributed by atoms with Crippen LogP contribution in [0.1, 0.15) is 15.9 Å². The summed E-state index contributed by atoms with van der Waals surface area (Å²) in [6.07, 6.45) is 1.50. The first-order valence-corrected chi connectivity index (χ1v) is 6.18. The highest BCUT2D eigenvalue weighted by molar-refractivity contribution is 6.04. The lowest BCUT2D eigenvalue weighted by atomic mass is 10.2. The average Bonchev–Trinajstić information content (AvgIpc) is 2.43. The standard InChI is InChI=1S/C15H16FN3O/c1-10-4-6-12(16)8-13(10)18-15(20)11-5-7-14(17-9-11)19(2)3/h4-9H,1-3H3,(H,18,20). The van der Waals surface area contributed by atoms with Crippen molar-refractivity contribution >= 4 is 17.4 Å². The Morgan fingerprint density at radius 3 is 2.60 bits per heavy atom. The smallest absolute Gasteiger partial charge is 0.257 e. The van der Waals surface area contributed by atoms with E-state index in [2.05, 4.69) is 10.3 Å². The molecule has 0 saturated heterocycles. The maximum Gasteiger partial charge on any atom is 0.257 e. The summed E-state index contributed by atoms with van der Waals surface area (Å²) >= 11 is 0. The summed E-state index contributed by atoms with van der Waals surface area (Å²) in [4.78, 5) is 18.1. The normalized spacial score (nSPS) is 10.2. The van der Waals surface area contributed by atoms with E-state index in [9.17, 15) is 9.18 Å². The second kappa shape index (κ2) is 5.69. The monoisotopic (exact) mass is 273 g/mol. The maximum atomic E-state index is 13.2. The van der Waals surface area contributed by atoms with Gasteiger partial charge in [0.25, 0.3) is 5.91 Å². The minimum Gasteiger partial charge on any atom is -0.363 e. The second-order valence-corrected chi connectivity index (χ2v) is 4.71. The van der Waals surface area contributed by atoms with Crippen LogP contribution in [0, 0.1) is 12.7 Å². The van der Waals surface area contributed by atoms with E-state index in [4.69, 9.17) is 0 Å². The summed E-state index contributed by atoms with van der Waals surface area (Å²) in [5.74, 6) is 0.0759. The number of benzene rings is 1. The molecule has 0 aliphatic carbocycles. The van der Waals surface area contributed by atoms with Gasteiger partial charge in [-0.05, 0) is 36.8 Å². The first kappa shape index (κ1) is 14.0. The van der Waals surface area contributed by atoms with E-state index in [1.165, 1.54) is 18.3 Å². The molecule has 0 aliphatic rings. The Labute approximate surface area is 117 Å². The van der Waals surface area contributed by atoms with Crippen molar-refractivity contribution in [1.82, 2.24) is 4.98 Å². The molecule has 0 aliphatic heterocycles. The van der Waals surface area contributed by atoms with Crippen LogP contribution >= 0.6 is 0 Å². The number of halogens is 1. The first-order valence-electron chi connectivity index (χ1n) is 6.18. The van der Waals surface area contributed by atoms with Crippen molar-refractivity contribution in [2.24, 2.45) is 0 Å². The number of aryl methyl sites for hydroxylation is 1. The fourth-order valence-corrected chi connectivity index (χ4v) is 1.71. The van der Waals surface area contributed by atoms with Gasteiger partial charge < -0.3 is 10.2 Å². The molecule has 0 spiro atoms. The van der Waals surface area contributed by atoms with E-state index in [-0.39, 0.29) is 11.7 Å². The molecule has 5 heteroatoms. The van der Waals surface area contributed by atoms with Crippen LogP contribution in [0.15, 0.2) is 36.5 Å². The number of hydrogen-bond acceptors (Lipinski definition) is 3. The lowest BCUT2D eigenvalue weighted by Crippen LogP contribution is -2.15. The SMILES string of the molecule is Cc1ccc(F)cc1NC(=O)c1ccc(N(C)C)nc1. The molecule has 1 N–H and O–H groups in total. The third-order valence-corrected chi connectivity index (χ3v) is 2.92. The van der Waals surface area contributed by atoms with E-state index in [1.807, 2.05) is 25.9 Å². The van der Waals surface area contributed by atoms with Crippen LogP contribution in [-0.4, -0.2) is 25.0 Å². The number of hydrogen-bond donors (Lipinski definition) is 1. The number of aromatic nitrogens is 1. The van der Waals surface area contributed by atoms with Crippen LogP contribution in [0.5, 0.6) is 0 Å². The van der Waals surface area contributed by atoms with Gasteiger partial charge in [-0.25, -0.2) is 9.37 Å². The largest absolute Gasteiger partial charge is 0.363 e. The summed E-state index contributed by atoms with van der Waals surface area (Å²) in [5, 5.41) is 2.68. The Bertz CT molecular complexity index is 624. The summed E-state index contributed by atoms with van der Waals surface area (Å²) in [7, 11) is 3.75. The van der Waals surface area contributed by atoms with Crippen LogP contribution in [0.2, 0.25) is 0 Å². The Kier molecular flexibility index (Phi) is 3.98. The molecule has 104 valence electrons. The maximum absolute atomic E-state index is 13.2. The highest BCUT2D eigenvalue weighted by Gasteiger charge is 2.09. The minimum absolute atomic E-state index is 0.309. The predicted molar refractivity (Wildman–Crippen MR) is 77.7 cm³/mol. The van der Waals surface area contributed by atoms with E-state index in [1.54, 1.807) is 18.2 Å². The van der Waals surface area contributed by atoms with Gasteiger partial charge in [0.2, 0.25) is 0 Å². The average molecular weight is 273 g/mol. The van der Waals surface area contributed by atoms with E-state index < -0.39 is 0 Å². The Morgan fingerprint density at radius 1 is 1.25 bits per heavy atom. The number of nitrogens with one attached hydrogen (secondary N) is 1. The molecule has 1 heterocycles. The van der Waals surface area contributed by atoms with Gasteiger partial charge in [0.05, 0.1) is 5.56 Å². The summed E-state index contributed by atoms with van der Waals surface area (Å²) in [6.45, 7) is 1.81. The Balaban J connectivity index is 2.17. The molecule has 2 aromatic rings. The minimum atomic E-state index is -0.382. The van der Waals surface area contributed by atoms with Crippen LogP contribution < -0.4 is 10.2 Å². The zero-order chi connectivity index (χ0) is 14.7. The van der Waals surface area contributed by atoms with Crippen LogP contribution in [0.4, 0.5) is 15.9 Å². The van der Waals surface area contributed by atoms with E-state index in [0.717, 1.165) is 11.4 Å². The predicted octanol–water partition coefficient (Wildman–Crippen LogP) is 2.85. The van der Waals surface area contributed by atoms with Crippen LogP contribution in [-0.2, 0) is 0 Å². The zero-order valence-corrected chi connectivity index (χ0v) is 11.6. The lowest BCUT2D eigenvalue weighted by molar-refractivity contribution is 0.102. The van der Waals surface area contributed by atoms with Crippen molar-refractivity contribution in [3.05, 3.63) is 53.5 Å². The number of rotatable bonds is 3. The Hall–Kier alpha value is -2.43. The number of anilines is 2. The van der Waals surface area contributed by atoms with Crippen molar-refractivity contribution in [1.29, 1.82) is 0 Å². The summed E-state index contributed by atoms with van der Waals surface area (Å²) in [5.41, 5.74) is 1.70. The molecule has 0 bridgehead atoms. The van der Waals surface area contributed by atoms with Gasteiger partial charge in [0, 0.05) is 26.0 Å². The van der Waals surface area contributed by atoms with Gasteiger partial charge in [0.1, 0.15) is 11.6 Å². The molecule has 0 saturated carbocycles. The molecule has 1 amide bonds. The number of pyridine rings is 1. The van der Waals surface area contributed by atoms with E-state index >= 15 is 0 Å². The molecule has 1 aromatic carbocycles. The third-order valence-electron chi connectivity index (χ3n) is 2.92. The van der Waals surface area contributed by atoms with Crippen molar-refractivity contribution in [2.45, 2.75) is 6.92 Å². The highest BCUT2D eigenvalue weighted by Crippen LogP contribution is 2.17. The molecular formula is C15H16FN3O. The quantitative estimate of drug-likeness (QED) is 0.935. The molecule has 0 radical (unpaired) electrons. The second-order valence-electron chi connectivity index (χ2n) is 4.71. The third kappa shape index (κ3) is 3.12. The molecule has 4 nitrogen and oxygen atoms in total. The molecular weight excluding hydrogens is 257 g/mol. The van der Waals surface area contributed by atoms with Crippen molar-refractivity contribution in [3.63, 3.8) is 0 Å². The topological polar surface area (TPSA) is 45.2 Å². The lowest BCUT2D eigenvalue weighted by Gasteiger charge is -2.12. The number of nitrogens with zero attached hydrogens (tertiary/aromatic N) is 2. The van der Waals surface area contributed by atoms with Crippen LogP contribution in [0.25, 0.3) is 0 Å². The fraction of sp³-hybridized carbons (Fsp3) is 0.200. The van der Waals surface area contributed by atoms with Gasteiger partial charge >= 0.3 is 0 Å². The van der Waals surface area contributed by atoms with Gasteiger partial charge in [0.15, 0.2) is 0 Å². The molecule has 20 heavy (non-hydrogen) atoms. The van der Waals surface area contributed by atoms with Gasteiger partial charge in [-0.15, -0.1) is 0 Å². The number of amides is 1. The first-order chi connectivity index (χ1) is 9.47.